The number of aromatic amines is 1. The Morgan fingerprint density at radius 1 is 1.39 bits per heavy atom. The maximum Gasteiger partial charge on any atom is 0.378 e. The van der Waals surface area contributed by atoms with Gasteiger partial charge in [0.05, 0.1) is 11.2 Å². The Kier molecular flexibility index (Phi) is 3.12. The summed E-state index contributed by atoms with van der Waals surface area (Å²) >= 11 is 5.61. The van der Waals surface area contributed by atoms with Crippen LogP contribution in [0.4, 0.5) is 4.39 Å². The molecule has 92 valence electrons. The zero-order valence-electron chi connectivity index (χ0n) is 8.78. The number of carbonyl (C=O) groups is 2. The first kappa shape index (κ1) is 12.3. The summed E-state index contributed by atoms with van der Waals surface area (Å²) in [5.74, 6) is -3.01. The van der Waals surface area contributed by atoms with Gasteiger partial charge < -0.3 is 10.1 Å². The molecule has 0 saturated carbocycles. The van der Waals surface area contributed by atoms with Crippen molar-refractivity contribution in [2.45, 2.75) is 0 Å². The van der Waals surface area contributed by atoms with Crippen molar-refractivity contribution in [2.24, 2.45) is 0 Å². The van der Waals surface area contributed by atoms with Crippen LogP contribution in [-0.4, -0.2) is 26.8 Å². The highest BCUT2D eigenvalue weighted by Crippen LogP contribution is 2.22. The number of halogens is 2. The van der Waals surface area contributed by atoms with Gasteiger partial charge in [-0.2, -0.15) is 0 Å². The van der Waals surface area contributed by atoms with Crippen LogP contribution in [0.25, 0.3) is 11.4 Å². The van der Waals surface area contributed by atoms with Gasteiger partial charge in [-0.25, -0.2) is 14.2 Å². The molecule has 0 fully saturated rings. The van der Waals surface area contributed by atoms with Crippen molar-refractivity contribution >= 4 is 23.4 Å². The molecule has 0 saturated heterocycles. The smallest absolute Gasteiger partial charge is 0.378 e. The van der Waals surface area contributed by atoms with Gasteiger partial charge in [0.2, 0.25) is 0 Å². The second kappa shape index (κ2) is 4.58. The molecule has 1 aromatic heterocycles. The monoisotopic (exact) mass is 268 g/mol. The molecule has 0 amide bonds. The lowest BCUT2D eigenvalue weighted by molar-refractivity contribution is -0.131. The molecule has 7 heteroatoms. The van der Waals surface area contributed by atoms with Gasteiger partial charge in [-0.3, -0.25) is 4.79 Å². The molecule has 2 rings (SSSR count). The summed E-state index contributed by atoms with van der Waals surface area (Å²) in [7, 11) is 0. The number of nitrogens with one attached hydrogen (secondary N) is 1. The molecular formula is C11H6ClFN2O3. The molecule has 0 bridgehead atoms. The van der Waals surface area contributed by atoms with Gasteiger partial charge in [-0.05, 0) is 18.2 Å². The summed E-state index contributed by atoms with van der Waals surface area (Å²) in [6.45, 7) is 0. The number of H-pyrrole nitrogens is 1. The summed E-state index contributed by atoms with van der Waals surface area (Å²) in [5.41, 5.74) is 0.295. The van der Waals surface area contributed by atoms with E-state index in [1.165, 1.54) is 12.1 Å². The van der Waals surface area contributed by atoms with Crippen LogP contribution < -0.4 is 0 Å². The van der Waals surface area contributed by atoms with Crippen LogP contribution in [0.3, 0.4) is 0 Å². The van der Waals surface area contributed by atoms with Crippen molar-refractivity contribution in [3.8, 4) is 11.4 Å². The van der Waals surface area contributed by atoms with Crippen LogP contribution in [0.5, 0.6) is 0 Å². The van der Waals surface area contributed by atoms with Gasteiger partial charge in [0.15, 0.2) is 0 Å². The first-order valence-electron chi connectivity index (χ1n) is 4.77. The molecule has 0 unspecified atom stereocenters. The van der Waals surface area contributed by atoms with E-state index in [-0.39, 0.29) is 16.5 Å². The maximum absolute atomic E-state index is 13.0. The van der Waals surface area contributed by atoms with Gasteiger partial charge in [-0.15, -0.1) is 0 Å². The van der Waals surface area contributed by atoms with E-state index in [1.54, 1.807) is 0 Å². The standard InChI is InChI=1S/C11H6ClFN2O3/c12-6-3-5(1-2-7(6)13)10-14-4-8(15-10)9(16)11(17)18/h1-4H,(H,14,15)(H,17,18). The van der Waals surface area contributed by atoms with Gasteiger partial charge in [0, 0.05) is 5.56 Å². The fourth-order valence-electron chi connectivity index (χ4n) is 1.34. The number of benzene rings is 1. The van der Waals surface area contributed by atoms with Gasteiger partial charge in [0.1, 0.15) is 17.3 Å². The van der Waals surface area contributed by atoms with Crippen molar-refractivity contribution in [3.63, 3.8) is 0 Å². The molecule has 0 atom stereocenters. The van der Waals surface area contributed by atoms with E-state index in [0.29, 0.717) is 5.56 Å². The van der Waals surface area contributed by atoms with Crippen LogP contribution in [0.2, 0.25) is 5.02 Å². The molecule has 2 N–H and O–H groups in total. The highest BCUT2D eigenvalue weighted by Gasteiger charge is 2.17. The lowest BCUT2D eigenvalue weighted by Gasteiger charge is -1.98. The average molecular weight is 269 g/mol. The number of carbonyl (C=O) groups excluding carboxylic acids is 1. The summed E-state index contributed by atoms with van der Waals surface area (Å²) in [5, 5.41) is 8.44. The minimum Gasteiger partial charge on any atom is -0.475 e. The maximum atomic E-state index is 13.0. The van der Waals surface area contributed by atoms with Crippen LogP contribution in [0, 0.1) is 5.82 Å². The third-order valence-corrected chi connectivity index (χ3v) is 2.50. The number of carboxylic acids is 1. The fourth-order valence-corrected chi connectivity index (χ4v) is 1.52. The Morgan fingerprint density at radius 3 is 2.72 bits per heavy atom. The van der Waals surface area contributed by atoms with Crippen LogP contribution in [0.15, 0.2) is 24.4 Å². The molecule has 0 spiro atoms. The Labute approximate surface area is 105 Å². The third kappa shape index (κ3) is 2.23. The lowest BCUT2D eigenvalue weighted by atomic mass is 10.2. The van der Waals surface area contributed by atoms with E-state index in [4.69, 9.17) is 16.7 Å². The highest BCUT2D eigenvalue weighted by molar-refractivity contribution is 6.39. The number of Topliss-reactive ketones (excluding diaryl/α,β-unsaturated/α-hetero) is 1. The Bertz CT molecular complexity index is 639. The number of ketones is 1. The Hall–Kier alpha value is -2.21. The molecule has 1 heterocycles. The summed E-state index contributed by atoms with van der Waals surface area (Å²) in [6, 6.07) is 3.89. The van der Waals surface area contributed by atoms with Crippen molar-refractivity contribution in [1.82, 2.24) is 9.97 Å². The molecule has 2 aromatic rings. The zero-order valence-corrected chi connectivity index (χ0v) is 9.53. The van der Waals surface area contributed by atoms with E-state index < -0.39 is 17.6 Å². The first-order chi connectivity index (χ1) is 8.49. The number of carboxylic acid groups (broad SMARTS) is 1. The van der Waals surface area contributed by atoms with Gasteiger partial charge in [0.25, 0.3) is 5.78 Å². The van der Waals surface area contributed by atoms with Crippen LogP contribution in [0.1, 0.15) is 10.5 Å². The molecule has 18 heavy (non-hydrogen) atoms. The number of rotatable bonds is 3. The normalized spacial score (nSPS) is 10.3. The number of hydrogen-bond acceptors (Lipinski definition) is 3. The van der Waals surface area contributed by atoms with Crippen LogP contribution in [-0.2, 0) is 4.79 Å². The Morgan fingerprint density at radius 2 is 2.11 bits per heavy atom. The van der Waals surface area contributed by atoms with Crippen molar-refractivity contribution in [2.75, 3.05) is 0 Å². The number of aromatic nitrogens is 2. The molecule has 1 aromatic carbocycles. The SMILES string of the molecule is O=C(O)C(=O)c1cnc(-c2ccc(F)c(Cl)c2)[nH]1. The van der Waals surface area contributed by atoms with E-state index in [1.807, 2.05) is 0 Å². The zero-order chi connectivity index (χ0) is 13.3. The minimum atomic E-state index is -1.58. The van der Waals surface area contributed by atoms with E-state index in [0.717, 1.165) is 12.3 Å². The predicted molar refractivity (Wildman–Crippen MR) is 61.0 cm³/mol. The quantitative estimate of drug-likeness (QED) is 0.660. The number of imidazole rings is 1. The number of hydrogen-bond donors (Lipinski definition) is 2. The van der Waals surface area contributed by atoms with Crippen molar-refractivity contribution in [1.29, 1.82) is 0 Å². The second-order valence-corrected chi connectivity index (χ2v) is 3.82. The highest BCUT2D eigenvalue weighted by atomic mass is 35.5. The van der Waals surface area contributed by atoms with E-state index in [2.05, 4.69) is 9.97 Å². The second-order valence-electron chi connectivity index (χ2n) is 3.41. The minimum absolute atomic E-state index is 0.0880. The molecule has 5 nitrogen and oxygen atoms in total. The number of nitrogens with zero attached hydrogens (tertiary/aromatic N) is 1. The first-order valence-corrected chi connectivity index (χ1v) is 5.15. The van der Waals surface area contributed by atoms with Crippen molar-refractivity contribution < 1.29 is 19.1 Å². The van der Waals surface area contributed by atoms with Crippen molar-refractivity contribution in [3.05, 3.63) is 40.9 Å². The van der Waals surface area contributed by atoms with E-state index in [9.17, 15) is 14.0 Å². The summed E-state index contributed by atoms with van der Waals surface area (Å²) in [6.07, 6.45) is 1.10. The predicted octanol–water partition coefficient (Wildman–Crippen LogP) is 2.14. The summed E-state index contributed by atoms with van der Waals surface area (Å²) in [4.78, 5) is 28.0. The van der Waals surface area contributed by atoms with Gasteiger partial charge >= 0.3 is 5.97 Å². The molecule has 0 aliphatic rings. The molecule has 0 aliphatic heterocycles. The topological polar surface area (TPSA) is 83.0 Å². The lowest BCUT2D eigenvalue weighted by Crippen LogP contribution is -2.12. The average Bonchev–Trinajstić information content (AvgIpc) is 2.81. The largest absolute Gasteiger partial charge is 0.475 e. The number of aliphatic carboxylic acids is 1. The fraction of sp³-hybridized carbons (Fsp3) is 0. The van der Waals surface area contributed by atoms with Gasteiger partial charge in [-0.1, -0.05) is 11.6 Å². The summed E-state index contributed by atoms with van der Waals surface area (Å²) < 4.78 is 13.0. The van der Waals surface area contributed by atoms with Crippen LogP contribution >= 0.6 is 11.6 Å². The third-order valence-electron chi connectivity index (χ3n) is 2.21. The molecular weight excluding hydrogens is 263 g/mol. The van der Waals surface area contributed by atoms with E-state index >= 15 is 0 Å². The Balaban J connectivity index is 2.38. The molecule has 0 radical (unpaired) electrons. The molecule has 0 aliphatic carbocycles.